The van der Waals surface area contributed by atoms with Gasteiger partial charge in [0.2, 0.25) is 0 Å². The van der Waals surface area contributed by atoms with Gasteiger partial charge >= 0.3 is 0 Å². The fourth-order valence-corrected chi connectivity index (χ4v) is 0.861. The fourth-order valence-electron chi connectivity index (χ4n) is 0.861. The standard InChI is InChI=1S/C8H11NO3/c1-11-5-6-3-8(12-2)7(10)4-9-6/h3-4,10H,5H2,1-2H3. The van der Waals surface area contributed by atoms with E-state index in [2.05, 4.69) is 4.98 Å². The van der Waals surface area contributed by atoms with Crippen molar-refractivity contribution in [3.05, 3.63) is 18.0 Å². The van der Waals surface area contributed by atoms with Gasteiger partial charge in [0.1, 0.15) is 0 Å². The van der Waals surface area contributed by atoms with E-state index in [4.69, 9.17) is 9.47 Å². The molecule has 66 valence electrons. The number of ether oxygens (including phenoxy) is 2. The molecule has 1 aromatic heterocycles. The number of hydrogen-bond acceptors (Lipinski definition) is 4. The zero-order valence-corrected chi connectivity index (χ0v) is 7.07. The molecule has 0 aromatic carbocycles. The van der Waals surface area contributed by atoms with Crippen molar-refractivity contribution in [2.24, 2.45) is 0 Å². The number of aromatic nitrogens is 1. The van der Waals surface area contributed by atoms with Crippen LogP contribution in [0.3, 0.4) is 0 Å². The first-order valence-corrected chi connectivity index (χ1v) is 3.48. The Hall–Kier alpha value is -1.29. The molecule has 0 aliphatic carbocycles. The molecule has 4 nitrogen and oxygen atoms in total. The van der Waals surface area contributed by atoms with Crippen LogP contribution in [0.25, 0.3) is 0 Å². The second-order valence-corrected chi connectivity index (χ2v) is 2.28. The van der Waals surface area contributed by atoms with Crippen LogP contribution < -0.4 is 4.74 Å². The van der Waals surface area contributed by atoms with Crippen LogP contribution in [0.2, 0.25) is 0 Å². The predicted octanol–water partition coefficient (Wildman–Crippen LogP) is 0.942. The number of methoxy groups -OCH3 is 2. The minimum Gasteiger partial charge on any atom is -0.503 e. The monoisotopic (exact) mass is 169 g/mol. The third-order valence-corrected chi connectivity index (χ3v) is 1.41. The maximum atomic E-state index is 9.17. The minimum atomic E-state index is 0.0392. The van der Waals surface area contributed by atoms with Gasteiger partial charge in [0.15, 0.2) is 11.5 Å². The van der Waals surface area contributed by atoms with Crippen LogP contribution >= 0.6 is 0 Å². The summed E-state index contributed by atoms with van der Waals surface area (Å²) in [5.74, 6) is 0.453. The first kappa shape index (κ1) is 8.80. The Balaban J connectivity index is 2.89. The molecule has 0 aliphatic heterocycles. The lowest BCUT2D eigenvalue weighted by atomic mass is 10.3. The highest BCUT2D eigenvalue weighted by molar-refractivity contribution is 5.37. The summed E-state index contributed by atoms with van der Waals surface area (Å²) in [7, 11) is 3.08. The topological polar surface area (TPSA) is 51.6 Å². The number of hydrogen-bond donors (Lipinski definition) is 1. The first-order chi connectivity index (χ1) is 5.77. The summed E-state index contributed by atoms with van der Waals surface area (Å²) in [5, 5.41) is 9.17. The quantitative estimate of drug-likeness (QED) is 0.731. The molecular formula is C8H11NO3. The highest BCUT2D eigenvalue weighted by atomic mass is 16.5. The van der Waals surface area contributed by atoms with Gasteiger partial charge in [-0.1, -0.05) is 0 Å². The maximum Gasteiger partial charge on any atom is 0.176 e. The van der Waals surface area contributed by atoms with E-state index in [1.54, 1.807) is 13.2 Å². The van der Waals surface area contributed by atoms with Crippen LogP contribution in [0.4, 0.5) is 0 Å². The van der Waals surface area contributed by atoms with E-state index in [0.29, 0.717) is 12.4 Å². The molecule has 0 radical (unpaired) electrons. The van der Waals surface area contributed by atoms with Gasteiger partial charge in [-0.3, -0.25) is 4.98 Å². The van der Waals surface area contributed by atoms with Crippen molar-refractivity contribution in [3.8, 4) is 11.5 Å². The summed E-state index contributed by atoms with van der Waals surface area (Å²) in [4.78, 5) is 3.92. The average Bonchev–Trinajstić information content (AvgIpc) is 2.09. The second kappa shape index (κ2) is 3.92. The van der Waals surface area contributed by atoms with Crippen molar-refractivity contribution in [3.63, 3.8) is 0 Å². The lowest BCUT2D eigenvalue weighted by Crippen LogP contribution is -1.93. The smallest absolute Gasteiger partial charge is 0.176 e. The molecule has 1 heterocycles. The molecule has 0 spiro atoms. The van der Waals surface area contributed by atoms with Gasteiger partial charge in [0.05, 0.1) is 25.6 Å². The van der Waals surface area contributed by atoms with Gasteiger partial charge in [-0.2, -0.15) is 0 Å². The lowest BCUT2D eigenvalue weighted by molar-refractivity contribution is 0.181. The number of nitrogens with zero attached hydrogens (tertiary/aromatic N) is 1. The molecule has 1 aromatic rings. The van der Waals surface area contributed by atoms with Crippen molar-refractivity contribution >= 4 is 0 Å². The molecule has 1 N–H and O–H groups in total. The second-order valence-electron chi connectivity index (χ2n) is 2.28. The molecule has 0 bridgehead atoms. The summed E-state index contributed by atoms with van der Waals surface area (Å²) in [6.45, 7) is 0.413. The lowest BCUT2D eigenvalue weighted by Gasteiger charge is -2.04. The Labute approximate surface area is 70.8 Å². The van der Waals surface area contributed by atoms with Gasteiger partial charge in [-0.05, 0) is 0 Å². The molecule has 0 fully saturated rings. The van der Waals surface area contributed by atoms with Gasteiger partial charge in [0.25, 0.3) is 0 Å². The van der Waals surface area contributed by atoms with Gasteiger partial charge in [-0.15, -0.1) is 0 Å². The molecular weight excluding hydrogens is 158 g/mol. The van der Waals surface area contributed by atoms with Crippen LogP contribution in [-0.2, 0) is 11.3 Å². The highest BCUT2D eigenvalue weighted by Gasteiger charge is 2.02. The van der Waals surface area contributed by atoms with Crippen LogP contribution in [-0.4, -0.2) is 24.3 Å². The van der Waals surface area contributed by atoms with Crippen molar-refractivity contribution in [1.29, 1.82) is 0 Å². The van der Waals surface area contributed by atoms with Crippen molar-refractivity contribution in [2.75, 3.05) is 14.2 Å². The molecule has 0 saturated carbocycles. The maximum absolute atomic E-state index is 9.17. The largest absolute Gasteiger partial charge is 0.503 e. The van der Waals surface area contributed by atoms with Crippen LogP contribution in [0.1, 0.15) is 5.69 Å². The van der Waals surface area contributed by atoms with Gasteiger partial charge in [-0.25, -0.2) is 0 Å². The Kier molecular flexibility index (Phi) is 2.88. The zero-order valence-electron chi connectivity index (χ0n) is 7.07. The molecule has 0 unspecified atom stereocenters. The molecule has 0 saturated heterocycles. The van der Waals surface area contributed by atoms with Crippen LogP contribution in [0.15, 0.2) is 12.3 Å². The summed E-state index contributed by atoms with van der Waals surface area (Å²) in [5.41, 5.74) is 0.729. The average molecular weight is 169 g/mol. The third-order valence-electron chi connectivity index (χ3n) is 1.41. The van der Waals surface area contributed by atoms with Crippen LogP contribution in [0, 0.1) is 0 Å². The van der Waals surface area contributed by atoms with Crippen LogP contribution in [0.5, 0.6) is 11.5 Å². The molecule has 0 atom stereocenters. The zero-order chi connectivity index (χ0) is 8.97. The summed E-state index contributed by atoms with van der Waals surface area (Å²) in [6, 6.07) is 1.64. The molecule has 0 amide bonds. The number of aromatic hydroxyl groups is 1. The summed E-state index contributed by atoms with van der Waals surface area (Å²) in [6.07, 6.45) is 1.34. The van der Waals surface area contributed by atoms with E-state index in [9.17, 15) is 5.11 Å². The Morgan fingerprint density at radius 3 is 2.83 bits per heavy atom. The SMILES string of the molecule is COCc1cc(OC)c(O)cn1. The minimum absolute atomic E-state index is 0.0392. The Morgan fingerprint density at radius 1 is 1.50 bits per heavy atom. The fraction of sp³-hybridized carbons (Fsp3) is 0.375. The number of rotatable bonds is 3. The summed E-state index contributed by atoms with van der Waals surface area (Å²) < 4.78 is 9.75. The van der Waals surface area contributed by atoms with E-state index >= 15 is 0 Å². The highest BCUT2D eigenvalue weighted by Crippen LogP contribution is 2.24. The predicted molar refractivity (Wildman–Crippen MR) is 43.2 cm³/mol. The first-order valence-electron chi connectivity index (χ1n) is 3.48. The normalized spacial score (nSPS) is 9.83. The van der Waals surface area contributed by atoms with Gasteiger partial charge < -0.3 is 14.6 Å². The Morgan fingerprint density at radius 2 is 2.25 bits per heavy atom. The van der Waals surface area contributed by atoms with Crippen molar-refractivity contribution in [1.82, 2.24) is 4.98 Å². The number of pyridine rings is 1. The molecule has 0 aliphatic rings. The molecule has 4 heteroatoms. The molecule has 1 rings (SSSR count). The van der Waals surface area contributed by atoms with Crippen molar-refractivity contribution < 1.29 is 14.6 Å². The van der Waals surface area contributed by atoms with Gasteiger partial charge in [0, 0.05) is 13.2 Å². The van der Waals surface area contributed by atoms with E-state index in [-0.39, 0.29) is 5.75 Å². The van der Waals surface area contributed by atoms with E-state index < -0.39 is 0 Å². The molecule has 12 heavy (non-hydrogen) atoms. The van der Waals surface area contributed by atoms with E-state index in [0.717, 1.165) is 5.69 Å². The Bertz CT molecular complexity index is 262. The third kappa shape index (κ3) is 1.85. The van der Waals surface area contributed by atoms with Crippen molar-refractivity contribution in [2.45, 2.75) is 6.61 Å². The van der Waals surface area contributed by atoms with E-state index in [1.807, 2.05) is 0 Å². The van der Waals surface area contributed by atoms with E-state index in [1.165, 1.54) is 13.3 Å². The summed E-state index contributed by atoms with van der Waals surface area (Å²) >= 11 is 0.